The van der Waals surface area contributed by atoms with Gasteiger partial charge in [0.05, 0.1) is 16.7 Å². The van der Waals surface area contributed by atoms with Crippen LogP contribution in [0.1, 0.15) is 54.8 Å². The number of hydrogen-bond donors (Lipinski definition) is 1. The molecule has 33 heavy (non-hydrogen) atoms. The number of amides is 1. The highest BCUT2D eigenvalue weighted by Crippen LogP contribution is 2.21. The molecule has 0 aliphatic carbocycles. The number of fused-ring (bicyclic) bond motifs is 1. The zero-order chi connectivity index (χ0) is 24.0. The quantitative estimate of drug-likeness (QED) is 0.264. The molecule has 6 nitrogen and oxygen atoms in total. The molecule has 0 aliphatic rings. The number of thioether (sulfide) groups is 1. The van der Waals surface area contributed by atoms with Crippen LogP contribution in [-0.2, 0) is 6.54 Å². The third-order valence-corrected chi connectivity index (χ3v) is 6.19. The predicted molar refractivity (Wildman–Crippen MR) is 134 cm³/mol. The number of benzene rings is 2. The molecule has 0 aliphatic heterocycles. The summed E-state index contributed by atoms with van der Waals surface area (Å²) in [4.78, 5) is 43.1. The van der Waals surface area contributed by atoms with E-state index in [9.17, 15) is 14.4 Å². The van der Waals surface area contributed by atoms with Gasteiger partial charge in [0.1, 0.15) is 0 Å². The van der Waals surface area contributed by atoms with Crippen LogP contribution in [0, 0.1) is 11.8 Å². The highest BCUT2D eigenvalue weighted by molar-refractivity contribution is 7.99. The van der Waals surface area contributed by atoms with Crippen LogP contribution in [-0.4, -0.2) is 33.5 Å². The molecule has 0 atom stereocenters. The van der Waals surface area contributed by atoms with E-state index in [0.717, 1.165) is 6.42 Å². The summed E-state index contributed by atoms with van der Waals surface area (Å²) in [5.41, 5.74) is 1.41. The summed E-state index contributed by atoms with van der Waals surface area (Å²) in [6, 6.07) is 14.1. The fraction of sp³-hybridized carbons (Fsp3) is 0.385. The van der Waals surface area contributed by atoms with Crippen molar-refractivity contribution in [2.45, 2.75) is 45.8 Å². The molecular weight excluding hydrogens is 434 g/mol. The number of aromatic nitrogens is 2. The summed E-state index contributed by atoms with van der Waals surface area (Å²) in [7, 11) is 0. The van der Waals surface area contributed by atoms with E-state index in [2.05, 4.69) is 19.2 Å². The molecular formula is C26H31N3O3S. The second-order valence-corrected chi connectivity index (χ2v) is 9.89. The lowest BCUT2D eigenvalue weighted by Crippen LogP contribution is -2.28. The van der Waals surface area contributed by atoms with Crippen LogP contribution in [0.15, 0.2) is 58.5 Å². The summed E-state index contributed by atoms with van der Waals surface area (Å²) < 4.78 is 1.66. The lowest BCUT2D eigenvalue weighted by atomic mass is 10.1. The van der Waals surface area contributed by atoms with Crippen molar-refractivity contribution < 1.29 is 9.59 Å². The number of nitrogens with zero attached hydrogens (tertiary/aromatic N) is 2. The first-order valence-electron chi connectivity index (χ1n) is 11.3. The first-order chi connectivity index (χ1) is 15.8. The summed E-state index contributed by atoms with van der Waals surface area (Å²) in [5, 5.41) is 3.86. The molecule has 3 rings (SSSR count). The summed E-state index contributed by atoms with van der Waals surface area (Å²) in [5.74, 6) is 0.726. The number of carbonyl (C=O) groups excluding carboxylic acids is 2. The highest BCUT2D eigenvalue weighted by atomic mass is 32.2. The predicted octanol–water partition coefficient (Wildman–Crippen LogP) is 4.80. The molecule has 1 aromatic heterocycles. The molecule has 0 saturated carbocycles. The number of hydrogen-bond acceptors (Lipinski definition) is 5. The van der Waals surface area contributed by atoms with E-state index in [1.165, 1.54) is 11.8 Å². The minimum absolute atomic E-state index is 0.0211. The third kappa shape index (κ3) is 6.54. The topological polar surface area (TPSA) is 81.1 Å². The lowest BCUT2D eigenvalue weighted by molar-refractivity contribution is 0.0948. The van der Waals surface area contributed by atoms with Gasteiger partial charge in [-0.1, -0.05) is 69.8 Å². The maximum atomic E-state index is 13.3. The molecule has 0 unspecified atom stereocenters. The maximum absolute atomic E-state index is 13.3. The van der Waals surface area contributed by atoms with Crippen molar-refractivity contribution in [3.63, 3.8) is 0 Å². The van der Waals surface area contributed by atoms with Crippen molar-refractivity contribution >= 4 is 34.4 Å². The Hall–Kier alpha value is -2.93. The number of nitrogens with one attached hydrogen (secondary N) is 1. The van der Waals surface area contributed by atoms with Gasteiger partial charge in [0, 0.05) is 24.2 Å². The van der Waals surface area contributed by atoms with Crippen molar-refractivity contribution in [2.75, 3.05) is 12.3 Å². The molecule has 0 bridgehead atoms. The molecule has 0 spiro atoms. The van der Waals surface area contributed by atoms with Gasteiger partial charge in [-0.2, -0.15) is 0 Å². The van der Waals surface area contributed by atoms with E-state index in [0.29, 0.717) is 52.1 Å². The number of rotatable bonds is 10. The number of ketones is 1. The Morgan fingerprint density at radius 1 is 1.00 bits per heavy atom. The standard InChI is InChI=1S/C26H31N3O3S/c1-17(2)12-13-29-25(32)21-11-10-20(24(31)27-15-18(3)4)14-22(21)28-26(29)33-16-23(30)19-8-6-5-7-9-19/h5-11,14,17-18H,12-13,15-16H2,1-4H3,(H,27,31). The van der Waals surface area contributed by atoms with Crippen molar-refractivity contribution in [1.82, 2.24) is 14.9 Å². The molecule has 7 heteroatoms. The van der Waals surface area contributed by atoms with Gasteiger partial charge in [-0.05, 0) is 36.5 Å². The van der Waals surface area contributed by atoms with Crippen molar-refractivity contribution in [2.24, 2.45) is 11.8 Å². The van der Waals surface area contributed by atoms with Gasteiger partial charge >= 0.3 is 0 Å². The minimum atomic E-state index is -0.190. The van der Waals surface area contributed by atoms with Crippen LogP contribution in [0.3, 0.4) is 0 Å². The first kappa shape index (κ1) is 24.7. The van der Waals surface area contributed by atoms with E-state index >= 15 is 0 Å². The zero-order valence-electron chi connectivity index (χ0n) is 19.6. The zero-order valence-corrected chi connectivity index (χ0v) is 20.4. The van der Waals surface area contributed by atoms with E-state index in [-0.39, 0.29) is 23.0 Å². The van der Waals surface area contributed by atoms with E-state index in [4.69, 9.17) is 4.98 Å². The summed E-state index contributed by atoms with van der Waals surface area (Å²) >= 11 is 1.26. The molecule has 0 fully saturated rings. The van der Waals surface area contributed by atoms with E-state index in [1.807, 2.05) is 32.0 Å². The Balaban J connectivity index is 1.94. The minimum Gasteiger partial charge on any atom is -0.352 e. The normalized spacial score (nSPS) is 11.3. The molecule has 0 saturated heterocycles. The largest absolute Gasteiger partial charge is 0.352 e. The van der Waals surface area contributed by atoms with Crippen LogP contribution < -0.4 is 10.9 Å². The van der Waals surface area contributed by atoms with E-state index < -0.39 is 0 Å². The summed E-state index contributed by atoms with van der Waals surface area (Å²) in [6.45, 7) is 9.37. The second kappa shape index (κ2) is 11.3. The summed E-state index contributed by atoms with van der Waals surface area (Å²) in [6.07, 6.45) is 0.822. The van der Waals surface area contributed by atoms with Crippen LogP contribution in [0.5, 0.6) is 0 Å². The fourth-order valence-corrected chi connectivity index (χ4v) is 4.19. The van der Waals surface area contributed by atoms with Gasteiger partial charge in [0.25, 0.3) is 11.5 Å². The average Bonchev–Trinajstić information content (AvgIpc) is 2.80. The first-order valence-corrected chi connectivity index (χ1v) is 12.3. The molecule has 1 amide bonds. The third-order valence-electron chi connectivity index (χ3n) is 5.21. The Bertz CT molecular complexity index is 1190. The molecule has 2 aromatic carbocycles. The van der Waals surface area contributed by atoms with Crippen LogP contribution >= 0.6 is 11.8 Å². The molecule has 0 radical (unpaired) electrons. The number of Topliss-reactive ketones (excluding diaryl/α,β-unsaturated/α-hetero) is 1. The molecule has 3 aromatic rings. The monoisotopic (exact) mass is 465 g/mol. The molecule has 1 heterocycles. The smallest absolute Gasteiger partial charge is 0.262 e. The van der Waals surface area contributed by atoms with Gasteiger partial charge in [-0.25, -0.2) is 4.98 Å². The van der Waals surface area contributed by atoms with Crippen molar-refractivity contribution in [3.8, 4) is 0 Å². The highest BCUT2D eigenvalue weighted by Gasteiger charge is 2.16. The van der Waals surface area contributed by atoms with E-state index in [1.54, 1.807) is 34.9 Å². The van der Waals surface area contributed by atoms with Crippen molar-refractivity contribution in [3.05, 3.63) is 70.0 Å². The van der Waals surface area contributed by atoms with Gasteiger partial charge in [-0.3, -0.25) is 19.0 Å². The Morgan fingerprint density at radius 2 is 1.73 bits per heavy atom. The van der Waals surface area contributed by atoms with Gasteiger partial charge < -0.3 is 5.32 Å². The Kier molecular flexibility index (Phi) is 8.44. The average molecular weight is 466 g/mol. The van der Waals surface area contributed by atoms with Crippen molar-refractivity contribution in [1.29, 1.82) is 0 Å². The Morgan fingerprint density at radius 3 is 2.39 bits per heavy atom. The SMILES string of the molecule is CC(C)CCn1c(SCC(=O)c2ccccc2)nc2cc(C(=O)NCC(C)C)ccc2c1=O. The molecule has 1 N–H and O–H groups in total. The Labute approximate surface area is 198 Å². The van der Waals surface area contributed by atoms with Gasteiger partial charge in [0.2, 0.25) is 0 Å². The van der Waals surface area contributed by atoms with Gasteiger partial charge in [-0.15, -0.1) is 0 Å². The number of carbonyl (C=O) groups is 2. The van der Waals surface area contributed by atoms with Crippen LogP contribution in [0.4, 0.5) is 0 Å². The van der Waals surface area contributed by atoms with Crippen LogP contribution in [0.25, 0.3) is 10.9 Å². The maximum Gasteiger partial charge on any atom is 0.262 e. The second-order valence-electron chi connectivity index (χ2n) is 8.95. The van der Waals surface area contributed by atoms with Gasteiger partial charge in [0.15, 0.2) is 10.9 Å². The molecule has 174 valence electrons. The fourth-order valence-electron chi connectivity index (χ4n) is 3.27. The lowest BCUT2D eigenvalue weighted by Gasteiger charge is -2.15. The van der Waals surface area contributed by atoms with Crippen LogP contribution in [0.2, 0.25) is 0 Å².